The normalized spacial score (nSPS) is 16.4. The molecule has 4 aromatic rings. The van der Waals surface area contributed by atoms with Crippen molar-refractivity contribution >= 4 is 63.6 Å². The maximum Gasteiger partial charge on any atom is 0.242 e. The van der Waals surface area contributed by atoms with E-state index in [1.165, 1.54) is 0 Å². The highest BCUT2D eigenvalue weighted by Gasteiger charge is 2.37. The van der Waals surface area contributed by atoms with Gasteiger partial charge in [0.25, 0.3) is 0 Å². The van der Waals surface area contributed by atoms with Crippen molar-refractivity contribution in [2.75, 3.05) is 26.7 Å². The van der Waals surface area contributed by atoms with Gasteiger partial charge in [0.05, 0.1) is 18.9 Å². The average molecular weight is 759 g/mol. The van der Waals surface area contributed by atoms with E-state index < -0.39 is 12.1 Å². The number of hydrogen-bond acceptors (Lipinski definition) is 6. The minimum atomic E-state index is -0.754. The van der Waals surface area contributed by atoms with Crippen LogP contribution in [0, 0.1) is 5.41 Å². The first-order valence-corrected chi connectivity index (χ1v) is 18.5. The van der Waals surface area contributed by atoms with Crippen molar-refractivity contribution in [2.24, 2.45) is 0 Å². The molecule has 5 rings (SSSR count). The van der Waals surface area contributed by atoms with E-state index in [-0.39, 0.29) is 55.0 Å². The maximum absolute atomic E-state index is 14.3. The molecule has 278 valence electrons. The molecule has 0 spiro atoms. The van der Waals surface area contributed by atoms with Gasteiger partial charge in [0, 0.05) is 49.2 Å². The lowest BCUT2D eigenvalue weighted by atomic mass is 9.99. The average Bonchev–Trinajstić information content (AvgIpc) is 3.28. The fourth-order valence-corrected chi connectivity index (χ4v) is 6.96. The Kier molecular flexibility index (Phi) is 14.2. The zero-order valence-electron chi connectivity index (χ0n) is 29.6. The predicted molar refractivity (Wildman–Crippen MR) is 209 cm³/mol. The summed E-state index contributed by atoms with van der Waals surface area (Å²) in [5, 5.41) is 26.1. The molecular formula is C40H45Cl2N7O4. The van der Waals surface area contributed by atoms with Gasteiger partial charge in [-0.1, -0.05) is 89.9 Å². The van der Waals surface area contributed by atoms with Crippen molar-refractivity contribution in [2.45, 2.75) is 56.7 Å². The summed E-state index contributed by atoms with van der Waals surface area (Å²) < 4.78 is 0. The number of nitrogens with zero attached hydrogens (tertiary/aromatic N) is 1. The first-order valence-electron chi connectivity index (χ1n) is 17.7. The van der Waals surface area contributed by atoms with E-state index in [4.69, 9.17) is 28.6 Å². The van der Waals surface area contributed by atoms with Gasteiger partial charge in [0.1, 0.15) is 6.04 Å². The maximum atomic E-state index is 14.3. The minimum absolute atomic E-state index is 0.0731. The summed E-state index contributed by atoms with van der Waals surface area (Å²) in [6.45, 7) is 0.914. The molecule has 0 bridgehead atoms. The van der Waals surface area contributed by atoms with Crippen LogP contribution in [0.1, 0.15) is 36.0 Å². The van der Waals surface area contributed by atoms with Crippen molar-refractivity contribution in [3.05, 3.63) is 118 Å². The Hall–Kier alpha value is -4.97. The summed E-state index contributed by atoms with van der Waals surface area (Å²) in [4.78, 5) is 54.7. The van der Waals surface area contributed by atoms with Crippen molar-refractivity contribution in [1.82, 2.24) is 31.5 Å². The molecule has 0 aromatic heterocycles. The van der Waals surface area contributed by atoms with E-state index in [1.54, 1.807) is 54.4 Å². The Morgan fingerprint density at radius 1 is 0.849 bits per heavy atom. The van der Waals surface area contributed by atoms with Gasteiger partial charge in [-0.25, -0.2) is 0 Å². The lowest BCUT2D eigenvalue weighted by Gasteiger charge is -2.31. The summed E-state index contributed by atoms with van der Waals surface area (Å²) >= 11 is 12.1. The Labute approximate surface area is 319 Å². The zero-order chi connectivity index (χ0) is 37.7. The highest BCUT2D eigenvalue weighted by molar-refractivity contribution is 6.31. The quantitative estimate of drug-likeness (QED) is 0.0638. The summed E-state index contributed by atoms with van der Waals surface area (Å²) in [5.41, 5.74) is 2.46. The second-order valence-corrected chi connectivity index (χ2v) is 14.0. The van der Waals surface area contributed by atoms with Crippen LogP contribution in [0.5, 0.6) is 0 Å². The van der Waals surface area contributed by atoms with Crippen LogP contribution in [0.15, 0.2) is 91.0 Å². The molecule has 1 fully saturated rings. The third-order valence-corrected chi connectivity index (χ3v) is 9.66. The number of likely N-dealkylation sites (N-methyl/N-ethyl adjacent to an activating group) is 1. The van der Waals surface area contributed by atoms with Crippen LogP contribution in [0.4, 0.5) is 0 Å². The largest absolute Gasteiger partial charge is 0.357 e. The van der Waals surface area contributed by atoms with E-state index in [2.05, 4.69) is 32.7 Å². The molecule has 53 heavy (non-hydrogen) atoms. The molecule has 1 aliphatic heterocycles. The molecule has 4 amide bonds. The predicted octanol–water partition coefficient (Wildman–Crippen LogP) is 4.39. The fourth-order valence-electron chi connectivity index (χ4n) is 6.53. The number of hydrogen-bond donors (Lipinski definition) is 6. The molecule has 0 unspecified atom stereocenters. The number of rotatable bonds is 14. The van der Waals surface area contributed by atoms with E-state index in [9.17, 15) is 19.2 Å². The number of carbonyl (C=O) groups is 4. The molecule has 13 heteroatoms. The molecule has 4 aromatic carbocycles. The zero-order valence-corrected chi connectivity index (χ0v) is 31.1. The SMILES string of the molecule is CNC(=O)[C@H](Cc1ccc2ccccc2c1)N1CC[C@H](CNC(=O)Cc2cccc(Cl)c2)N[C@@H](CCCNC(=N)NC(=O)Cc2cccc(Cl)c2)C1=O. The standard InChI is InChI=1S/C40H45Cl2N7O4/c1-44-38(52)35(22-28-14-15-29-9-2-3-10-30(29)19-28)49-18-16-33(25-46-36(50)23-26-7-4-11-31(41)20-26)47-34(39(49)53)13-6-17-45-40(43)48-37(51)24-27-8-5-12-32(42)21-27/h2-5,7-12,14-15,19-21,33-35,47H,6,13,16-18,22-25H2,1H3,(H,44,52)(H,46,50)(H3,43,45,48,51)/t33-,34+,35+/m1/s1. The fraction of sp³-hybridized carbons (Fsp3) is 0.325. The van der Waals surface area contributed by atoms with Crippen molar-refractivity contribution < 1.29 is 19.2 Å². The Bertz CT molecular complexity index is 1940. The van der Waals surface area contributed by atoms with Crippen LogP contribution in [-0.2, 0) is 38.4 Å². The Morgan fingerprint density at radius 2 is 1.53 bits per heavy atom. The molecule has 11 nitrogen and oxygen atoms in total. The number of fused-ring (bicyclic) bond motifs is 1. The number of benzene rings is 4. The molecule has 3 atom stereocenters. The van der Waals surface area contributed by atoms with Gasteiger partial charge in [-0.15, -0.1) is 0 Å². The van der Waals surface area contributed by atoms with Crippen molar-refractivity contribution in [3.63, 3.8) is 0 Å². The van der Waals surface area contributed by atoms with Gasteiger partial charge in [0.2, 0.25) is 23.6 Å². The molecule has 6 N–H and O–H groups in total. The van der Waals surface area contributed by atoms with E-state index in [0.717, 1.165) is 27.5 Å². The van der Waals surface area contributed by atoms with Gasteiger partial charge < -0.3 is 26.2 Å². The molecule has 0 aliphatic carbocycles. The minimum Gasteiger partial charge on any atom is -0.357 e. The Morgan fingerprint density at radius 3 is 2.21 bits per heavy atom. The smallest absolute Gasteiger partial charge is 0.242 e. The van der Waals surface area contributed by atoms with Crippen LogP contribution in [0.3, 0.4) is 0 Å². The third kappa shape index (κ3) is 11.8. The first kappa shape index (κ1) is 39.2. The van der Waals surface area contributed by atoms with Gasteiger partial charge >= 0.3 is 0 Å². The lowest BCUT2D eigenvalue weighted by Crippen LogP contribution is -2.54. The second kappa shape index (κ2) is 19.2. The number of guanidine groups is 1. The summed E-state index contributed by atoms with van der Waals surface area (Å²) in [6.07, 6.45) is 1.94. The van der Waals surface area contributed by atoms with Crippen molar-refractivity contribution in [3.8, 4) is 0 Å². The molecule has 0 radical (unpaired) electrons. The summed E-state index contributed by atoms with van der Waals surface area (Å²) in [5.74, 6) is -1.14. The second-order valence-electron chi connectivity index (χ2n) is 13.2. The molecule has 0 saturated carbocycles. The summed E-state index contributed by atoms with van der Waals surface area (Å²) in [7, 11) is 1.57. The van der Waals surface area contributed by atoms with Crippen molar-refractivity contribution in [1.29, 1.82) is 5.41 Å². The third-order valence-electron chi connectivity index (χ3n) is 9.19. The first-order chi connectivity index (χ1) is 25.6. The highest BCUT2D eigenvalue weighted by Crippen LogP contribution is 2.21. The van der Waals surface area contributed by atoms with E-state index in [1.807, 2.05) is 42.5 Å². The number of nitrogens with one attached hydrogen (secondary N) is 6. The van der Waals surface area contributed by atoms with Crippen LogP contribution < -0.4 is 26.6 Å². The molecular weight excluding hydrogens is 713 g/mol. The van der Waals surface area contributed by atoms with Crippen LogP contribution in [0.2, 0.25) is 10.0 Å². The van der Waals surface area contributed by atoms with E-state index >= 15 is 0 Å². The number of carbonyl (C=O) groups excluding carboxylic acids is 4. The van der Waals surface area contributed by atoms with Gasteiger partial charge in [0.15, 0.2) is 5.96 Å². The Balaban J connectivity index is 1.24. The van der Waals surface area contributed by atoms with Gasteiger partial charge in [-0.05, 0) is 71.0 Å². The molecule has 1 aliphatic rings. The van der Waals surface area contributed by atoms with E-state index in [0.29, 0.717) is 48.8 Å². The topological polar surface area (TPSA) is 156 Å². The summed E-state index contributed by atoms with van der Waals surface area (Å²) in [6, 6.07) is 26.5. The molecule has 1 saturated heterocycles. The van der Waals surface area contributed by atoms with Crippen LogP contribution in [0.25, 0.3) is 10.8 Å². The highest BCUT2D eigenvalue weighted by atomic mass is 35.5. The van der Waals surface area contributed by atoms with Crippen LogP contribution in [-0.4, -0.2) is 79.3 Å². The van der Waals surface area contributed by atoms with Gasteiger partial charge in [-0.3, -0.25) is 29.9 Å². The van der Waals surface area contributed by atoms with Crippen LogP contribution >= 0.6 is 23.2 Å². The lowest BCUT2D eigenvalue weighted by molar-refractivity contribution is -0.141. The monoisotopic (exact) mass is 757 g/mol. The number of amides is 4. The van der Waals surface area contributed by atoms with Gasteiger partial charge in [-0.2, -0.15) is 0 Å². The number of halogens is 2. The molecule has 1 heterocycles.